The summed E-state index contributed by atoms with van der Waals surface area (Å²) in [5, 5.41) is 2.99. The van der Waals surface area contributed by atoms with E-state index in [1.54, 1.807) is 26.2 Å². The van der Waals surface area contributed by atoms with Crippen molar-refractivity contribution in [1.29, 1.82) is 0 Å². The maximum absolute atomic E-state index is 11.9. The molecule has 0 spiro atoms. The van der Waals surface area contributed by atoms with E-state index >= 15 is 0 Å². The smallest absolute Gasteiger partial charge is 0.255 e. The van der Waals surface area contributed by atoms with Crippen LogP contribution in [0.3, 0.4) is 0 Å². The SMILES string of the molecule is C=CC(=O)Nc1cc(Cl)ccc1C(=O)N(C)C. The quantitative estimate of drug-likeness (QED) is 0.838. The predicted octanol–water partition coefficient (Wildman–Crippen LogP) is 2.17. The normalized spacial score (nSPS) is 9.59. The number of anilines is 1. The van der Waals surface area contributed by atoms with Crippen LogP contribution >= 0.6 is 11.6 Å². The lowest BCUT2D eigenvalue weighted by Gasteiger charge is -2.14. The van der Waals surface area contributed by atoms with Gasteiger partial charge < -0.3 is 10.2 Å². The highest BCUT2D eigenvalue weighted by molar-refractivity contribution is 6.31. The molecular formula is C12H13ClN2O2. The summed E-state index contributed by atoms with van der Waals surface area (Å²) < 4.78 is 0. The average molecular weight is 253 g/mol. The molecule has 0 aliphatic heterocycles. The van der Waals surface area contributed by atoms with Gasteiger partial charge in [-0.3, -0.25) is 9.59 Å². The van der Waals surface area contributed by atoms with Gasteiger partial charge in [0.2, 0.25) is 5.91 Å². The second kappa shape index (κ2) is 5.50. The van der Waals surface area contributed by atoms with Crippen molar-refractivity contribution in [1.82, 2.24) is 4.90 Å². The van der Waals surface area contributed by atoms with Crippen LogP contribution in [0.1, 0.15) is 10.4 Å². The maximum Gasteiger partial charge on any atom is 0.255 e. The van der Waals surface area contributed by atoms with Crippen molar-refractivity contribution < 1.29 is 9.59 Å². The molecular weight excluding hydrogens is 240 g/mol. The zero-order chi connectivity index (χ0) is 13.0. The van der Waals surface area contributed by atoms with Crippen LogP contribution in [0, 0.1) is 0 Å². The van der Waals surface area contributed by atoms with Crippen molar-refractivity contribution in [2.75, 3.05) is 19.4 Å². The summed E-state index contributed by atoms with van der Waals surface area (Å²) in [6.45, 7) is 3.35. The Morgan fingerprint density at radius 1 is 1.41 bits per heavy atom. The van der Waals surface area contributed by atoms with Crippen molar-refractivity contribution in [3.8, 4) is 0 Å². The number of halogens is 1. The number of carbonyl (C=O) groups excluding carboxylic acids is 2. The van der Waals surface area contributed by atoms with E-state index in [0.29, 0.717) is 16.3 Å². The molecule has 0 radical (unpaired) electrons. The third-order valence-corrected chi connectivity index (χ3v) is 2.30. The van der Waals surface area contributed by atoms with Crippen molar-refractivity contribution >= 4 is 29.1 Å². The van der Waals surface area contributed by atoms with Crippen LogP contribution in [-0.2, 0) is 4.79 Å². The molecule has 1 N–H and O–H groups in total. The van der Waals surface area contributed by atoms with E-state index in [1.807, 2.05) is 0 Å². The van der Waals surface area contributed by atoms with Crippen LogP contribution in [0.25, 0.3) is 0 Å². The summed E-state index contributed by atoms with van der Waals surface area (Å²) in [4.78, 5) is 24.5. The van der Waals surface area contributed by atoms with Crippen molar-refractivity contribution in [2.24, 2.45) is 0 Å². The molecule has 0 atom stereocenters. The predicted molar refractivity (Wildman–Crippen MR) is 68.3 cm³/mol. The third kappa shape index (κ3) is 3.32. The van der Waals surface area contributed by atoms with Gasteiger partial charge in [0.15, 0.2) is 0 Å². The monoisotopic (exact) mass is 252 g/mol. The molecule has 90 valence electrons. The molecule has 1 rings (SSSR count). The summed E-state index contributed by atoms with van der Waals surface area (Å²) in [5.41, 5.74) is 0.760. The molecule has 0 aliphatic rings. The molecule has 0 heterocycles. The number of benzene rings is 1. The van der Waals surface area contributed by atoms with E-state index in [0.717, 1.165) is 6.08 Å². The number of hydrogen-bond donors (Lipinski definition) is 1. The van der Waals surface area contributed by atoms with E-state index < -0.39 is 0 Å². The first-order chi connectivity index (χ1) is 7.95. The fourth-order valence-corrected chi connectivity index (χ4v) is 1.40. The molecule has 0 aliphatic carbocycles. The number of hydrogen-bond acceptors (Lipinski definition) is 2. The molecule has 0 unspecified atom stereocenters. The largest absolute Gasteiger partial charge is 0.345 e. The van der Waals surface area contributed by atoms with Crippen LogP contribution in [0.4, 0.5) is 5.69 Å². The topological polar surface area (TPSA) is 49.4 Å². The van der Waals surface area contributed by atoms with Crippen LogP contribution in [0.2, 0.25) is 5.02 Å². The molecule has 17 heavy (non-hydrogen) atoms. The number of rotatable bonds is 3. The molecule has 4 nitrogen and oxygen atoms in total. The Hall–Kier alpha value is -1.81. The molecule has 2 amide bonds. The summed E-state index contributed by atoms with van der Waals surface area (Å²) in [7, 11) is 3.27. The second-order valence-corrected chi connectivity index (χ2v) is 4.02. The van der Waals surface area contributed by atoms with Crippen LogP contribution in [0.15, 0.2) is 30.9 Å². The first-order valence-corrected chi connectivity index (χ1v) is 5.28. The zero-order valence-corrected chi connectivity index (χ0v) is 10.4. The minimum Gasteiger partial charge on any atom is -0.345 e. The van der Waals surface area contributed by atoms with Crippen LogP contribution < -0.4 is 5.32 Å². The lowest BCUT2D eigenvalue weighted by atomic mass is 10.1. The van der Waals surface area contributed by atoms with Gasteiger partial charge in [0, 0.05) is 19.1 Å². The van der Waals surface area contributed by atoms with E-state index in [2.05, 4.69) is 11.9 Å². The summed E-state index contributed by atoms with van der Waals surface area (Å²) in [6, 6.07) is 4.70. The van der Waals surface area contributed by atoms with Gasteiger partial charge in [-0.2, -0.15) is 0 Å². The Balaban J connectivity index is 3.16. The third-order valence-electron chi connectivity index (χ3n) is 2.06. The van der Waals surface area contributed by atoms with Gasteiger partial charge in [0.1, 0.15) is 0 Å². The number of nitrogens with one attached hydrogen (secondary N) is 1. The number of amides is 2. The Morgan fingerprint density at radius 3 is 2.59 bits per heavy atom. The Bertz CT molecular complexity index is 470. The molecule has 1 aromatic rings. The maximum atomic E-state index is 11.9. The van der Waals surface area contributed by atoms with Gasteiger partial charge >= 0.3 is 0 Å². The van der Waals surface area contributed by atoms with Gasteiger partial charge in [0.05, 0.1) is 11.3 Å². The van der Waals surface area contributed by atoms with Gasteiger partial charge in [0.25, 0.3) is 5.91 Å². The number of carbonyl (C=O) groups is 2. The molecule has 0 aromatic heterocycles. The standard InChI is InChI=1S/C12H13ClN2O2/c1-4-11(16)14-10-7-8(13)5-6-9(10)12(17)15(2)3/h4-7H,1H2,2-3H3,(H,14,16). The molecule has 1 aromatic carbocycles. The van der Waals surface area contributed by atoms with E-state index in [4.69, 9.17) is 11.6 Å². The highest BCUT2D eigenvalue weighted by Crippen LogP contribution is 2.22. The van der Waals surface area contributed by atoms with Gasteiger partial charge in [-0.05, 0) is 24.3 Å². The lowest BCUT2D eigenvalue weighted by Crippen LogP contribution is -2.23. The van der Waals surface area contributed by atoms with Gasteiger partial charge in [-0.1, -0.05) is 18.2 Å². The second-order valence-electron chi connectivity index (χ2n) is 3.58. The average Bonchev–Trinajstić information content (AvgIpc) is 2.28. The molecule has 0 fully saturated rings. The highest BCUT2D eigenvalue weighted by Gasteiger charge is 2.14. The fourth-order valence-electron chi connectivity index (χ4n) is 1.23. The molecule has 0 bridgehead atoms. The minimum absolute atomic E-state index is 0.207. The highest BCUT2D eigenvalue weighted by atomic mass is 35.5. The van der Waals surface area contributed by atoms with Crippen molar-refractivity contribution in [3.05, 3.63) is 41.4 Å². The lowest BCUT2D eigenvalue weighted by molar-refractivity contribution is -0.111. The Kier molecular flexibility index (Phi) is 4.29. The van der Waals surface area contributed by atoms with E-state index in [9.17, 15) is 9.59 Å². The summed E-state index contributed by atoms with van der Waals surface area (Å²) >= 11 is 5.83. The van der Waals surface area contributed by atoms with E-state index in [1.165, 1.54) is 11.0 Å². The first kappa shape index (κ1) is 13.3. The molecule has 0 saturated carbocycles. The Morgan fingerprint density at radius 2 is 2.06 bits per heavy atom. The van der Waals surface area contributed by atoms with Crippen LogP contribution in [0.5, 0.6) is 0 Å². The zero-order valence-electron chi connectivity index (χ0n) is 9.66. The summed E-state index contributed by atoms with van der Waals surface area (Å²) in [5.74, 6) is -0.596. The minimum atomic E-state index is -0.389. The molecule has 0 saturated heterocycles. The van der Waals surface area contributed by atoms with Gasteiger partial charge in [-0.15, -0.1) is 0 Å². The van der Waals surface area contributed by atoms with Crippen molar-refractivity contribution in [3.63, 3.8) is 0 Å². The van der Waals surface area contributed by atoms with Crippen LogP contribution in [-0.4, -0.2) is 30.8 Å². The Labute approximate surface area is 105 Å². The summed E-state index contributed by atoms with van der Waals surface area (Å²) in [6.07, 6.45) is 1.13. The molecule has 5 heteroatoms. The van der Waals surface area contributed by atoms with Crippen molar-refractivity contribution in [2.45, 2.75) is 0 Å². The van der Waals surface area contributed by atoms with Gasteiger partial charge in [-0.25, -0.2) is 0 Å². The van der Waals surface area contributed by atoms with E-state index in [-0.39, 0.29) is 11.8 Å². The fraction of sp³-hybridized carbons (Fsp3) is 0.167. The first-order valence-electron chi connectivity index (χ1n) is 4.90. The number of nitrogens with zero attached hydrogens (tertiary/aromatic N) is 1.